The fourth-order valence-corrected chi connectivity index (χ4v) is 4.10. The predicted molar refractivity (Wildman–Crippen MR) is 102 cm³/mol. The number of aryl methyl sites for hydroxylation is 1. The molecule has 0 aromatic carbocycles. The summed E-state index contributed by atoms with van der Waals surface area (Å²) >= 11 is 1.17. The lowest BCUT2D eigenvalue weighted by Crippen LogP contribution is -2.33. The topological polar surface area (TPSA) is 74.8 Å². The first-order chi connectivity index (χ1) is 13.7. The maximum absolute atomic E-state index is 12.7. The van der Waals surface area contributed by atoms with E-state index in [1.165, 1.54) is 22.3 Å². The van der Waals surface area contributed by atoms with Crippen LogP contribution in [0.3, 0.4) is 0 Å². The third-order valence-electron chi connectivity index (χ3n) is 4.45. The molecule has 3 rings (SSSR count). The van der Waals surface area contributed by atoms with Gasteiger partial charge in [-0.3, -0.25) is 14.4 Å². The molecule has 1 N–H and O–H groups in total. The van der Waals surface area contributed by atoms with Gasteiger partial charge in [0.05, 0.1) is 11.8 Å². The number of aromatic nitrogens is 1. The van der Waals surface area contributed by atoms with Crippen molar-refractivity contribution in [1.29, 1.82) is 0 Å². The molecule has 1 unspecified atom stereocenters. The average molecular weight is 430 g/mol. The van der Waals surface area contributed by atoms with E-state index in [0.29, 0.717) is 35.3 Å². The summed E-state index contributed by atoms with van der Waals surface area (Å²) in [5, 5.41) is 3.18. The van der Waals surface area contributed by atoms with Crippen LogP contribution in [0.25, 0.3) is 0 Å². The fraction of sp³-hybridized carbons (Fsp3) is 0.500. The van der Waals surface area contributed by atoms with Gasteiger partial charge in [0.15, 0.2) is 5.13 Å². The van der Waals surface area contributed by atoms with Gasteiger partial charge in [0.2, 0.25) is 0 Å². The van der Waals surface area contributed by atoms with Gasteiger partial charge < -0.3 is 10.2 Å². The number of anilines is 1. The summed E-state index contributed by atoms with van der Waals surface area (Å²) in [5.41, 5.74) is 1.32. The van der Waals surface area contributed by atoms with E-state index in [4.69, 9.17) is 0 Å². The number of hydrogen-bond acceptors (Lipinski definition) is 5. The molecule has 158 valence electrons. The van der Waals surface area contributed by atoms with Crippen LogP contribution in [0.15, 0.2) is 23.8 Å². The Hall–Kier alpha value is -2.40. The molecular weight excluding hydrogens is 409 g/mol. The maximum atomic E-state index is 12.7. The number of alkyl halides is 3. The summed E-state index contributed by atoms with van der Waals surface area (Å²) in [6.45, 7) is 5.22. The van der Waals surface area contributed by atoms with Crippen molar-refractivity contribution in [2.75, 3.05) is 31.1 Å². The first-order valence-corrected chi connectivity index (χ1v) is 9.93. The first-order valence-electron chi connectivity index (χ1n) is 9.11. The van der Waals surface area contributed by atoms with Gasteiger partial charge in [-0.1, -0.05) is 29.6 Å². The summed E-state index contributed by atoms with van der Waals surface area (Å²) < 4.78 is 40.8. The van der Waals surface area contributed by atoms with Gasteiger partial charge in [-0.05, 0) is 25.8 Å². The Morgan fingerprint density at radius 2 is 2.17 bits per heavy atom. The van der Waals surface area contributed by atoms with E-state index in [0.717, 1.165) is 5.57 Å². The van der Waals surface area contributed by atoms with Crippen molar-refractivity contribution in [3.05, 3.63) is 34.4 Å². The van der Waals surface area contributed by atoms with E-state index in [9.17, 15) is 22.8 Å². The third-order valence-corrected chi connectivity index (χ3v) is 5.63. The number of hydrogen-bond donors (Lipinski definition) is 1. The van der Waals surface area contributed by atoms with E-state index in [1.807, 2.05) is 6.92 Å². The Bertz CT molecular complexity index is 850. The second-order valence-corrected chi connectivity index (χ2v) is 7.58. The van der Waals surface area contributed by atoms with Gasteiger partial charge in [-0.2, -0.15) is 0 Å². The number of halogens is 3. The van der Waals surface area contributed by atoms with Crippen LogP contribution in [0.1, 0.15) is 28.7 Å². The van der Waals surface area contributed by atoms with Gasteiger partial charge in [0.1, 0.15) is 4.88 Å². The standard InChI is InChI=1S/C18H21F3N4O3S/c1-3-22-15(26)14-11(2)23-16(29-14)25-9-8-24(17(25)27)10-12-4-6-13(7-5-12)28-18(19,20)21/h4-6,13H,3,7-10H2,1-2H3,(H,22,26). The average Bonchev–Trinajstić information content (AvgIpc) is 3.19. The molecule has 1 aromatic rings. The number of nitrogens with one attached hydrogen (secondary N) is 1. The molecular formula is C18H21F3N4O3S. The number of urea groups is 1. The molecule has 7 nitrogen and oxygen atoms in total. The zero-order valence-corrected chi connectivity index (χ0v) is 16.8. The van der Waals surface area contributed by atoms with Crippen molar-refractivity contribution in [1.82, 2.24) is 15.2 Å². The molecule has 2 aliphatic rings. The molecule has 1 aliphatic heterocycles. The van der Waals surface area contributed by atoms with Crippen LogP contribution in [-0.2, 0) is 4.74 Å². The molecule has 11 heteroatoms. The zero-order chi connectivity index (χ0) is 21.2. The molecule has 1 aromatic heterocycles. The van der Waals surface area contributed by atoms with Crippen molar-refractivity contribution >= 4 is 28.4 Å². The van der Waals surface area contributed by atoms with E-state index in [2.05, 4.69) is 15.0 Å². The second kappa shape index (κ2) is 8.54. The summed E-state index contributed by atoms with van der Waals surface area (Å²) in [6, 6.07) is -0.246. The molecule has 1 fully saturated rings. The third kappa shape index (κ3) is 5.15. The molecule has 1 aliphatic carbocycles. The van der Waals surface area contributed by atoms with Crippen LogP contribution >= 0.6 is 11.3 Å². The second-order valence-electron chi connectivity index (χ2n) is 6.60. The van der Waals surface area contributed by atoms with Gasteiger partial charge in [0.25, 0.3) is 5.91 Å². The highest BCUT2D eigenvalue weighted by atomic mass is 32.1. The number of thiazole rings is 1. The minimum atomic E-state index is -4.68. The van der Waals surface area contributed by atoms with Crippen LogP contribution in [0, 0.1) is 6.92 Å². The van der Waals surface area contributed by atoms with Gasteiger partial charge >= 0.3 is 12.4 Å². The quantitative estimate of drug-likeness (QED) is 0.752. The summed E-state index contributed by atoms with van der Waals surface area (Å²) in [7, 11) is 0. The number of ether oxygens (including phenoxy) is 1. The normalized spacial score (nSPS) is 19.7. The Labute approximate surface area is 169 Å². The molecule has 0 saturated carbocycles. The molecule has 1 atom stereocenters. The minimum Gasteiger partial charge on any atom is -0.352 e. The monoisotopic (exact) mass is 430 g/mol. The number of carbonyl (C=O) groups excluding carboxylic acids is 2. The fourth-order valence-electron chi connectivity index (χ4n) is 3.10. The van der Waals surface area contributed by atoms with Crippen LogP contribution in [-0.4, -0.2) is 60.5 Å². The van der Waals surface area contributed by atoms with Crippen LogP contribution in [0.5, 0.6) is 0 Å². The lowest BCUT2D eigenvalue weighted by Gasteiger charge is -2.21. The Morgan fingerprint density at radius 3 is 2.79 bits per heavy atom. The molecule has 0 radical (unpaired) electrons. The molecule has 0 bridgehead atoms. The van der Waals surface area contributed by atoms with Gasteiger partial charge in [0, 0.05) is 26.2 Å². The van der Waals surface area contributed by atoms with Crippen LogP contribution in [0.4, 0.5) is 23.1 Å². The van der Waals surface area contributed by atoms with E-state index < -0.39 is 12.5 Å². The van der Waals surface area contributed by atoms with Crippen LogP contribution in [0.2, 0.25) is 0 Å². The Kier molecular flexibility index (Phi) is 6.27. The lowest BCUT2D eigenvalue weighted by atomic mass is 10.0. The van der Waals surface area contributed by atoms with Crippen molar-refractivity contribution < 1.29 is 27.5 Å². The maximum Gasteiger partial charge on any atom is 0.523 e. The highest BCUT2D eigenvalue weighted by molar-refractivity contribution is 7.17. The smallest absolute Gasteiger partial charge is 0.352 e. The molecule has 2 heterocycles. The number of nitrogens with zero attached hydrogens (tertiary/aromatic N) is 3. The molecule has 1 saturated heterocycles. The van der Waals surface area contributed by atoms with Gasteiger partial charge in [-0.15, -0.1) is 13.2 Å². The zero-order valence-electron chi connectivity index (χ0n) is 16.0. The molecule has 0 spiro atoms. The van der Waals surface area contributed by atoms with Crippen LogP contribution < -0.4 is 10.2 Å². The number of rotatable bonds is 6. The van der Waals surface area contributed by atoms with E-state index in [-0.39, 0.29) is 24.9 Å². The van der Waals surface area contributed by atoms with Crippen molar-refractivity contribution in [3.8, 4) is 0 Å². The van der Waals surface area contributed by atoms with E-state index >= 15 is 0 Å². The van der Waals surface area contributed by atoms with Crippen molar-refractivity contribution in [3.63, 3.8) is 0 Å². The largest absolute Gasteiger partial charge is 0.523 e. The van der Waals surface area contributed by atoms with Crippen molar-refractivity contribution in [2.24, 2.45) is 0 Å². The van der Waals surface area contributed by atoms with Crippen molar-refractivity contribution in [2.45, 2.75) is 32.7 Å². The van der Waals surface area contributed by atoms with E-state index in [1.54, 1.807) is 24.0 Å². The number of amides is 3. The predicted octanol–water partition coefficient (Wildman–Crippen LogP) is 3.23. The Morgan fingerprint density at radius 1 is 1.41 bits per heavy atom. The van der Waals surface area contributed by atoms with Gasteiger partial charge in [-0.25, -0.2) is 9.78 Å². The SMILES string of the molecule is CCNC(=O)c1sc(N2CCN(CC3=CCC(OC(F)(F)F)C=C3)C2=O)nc1C. The summed E-state index contributed by atoms with van der Waals surface area (Å²) in [5.74, 6) is -0.217. The highest BCUT2D eigenvalue weighted by Gasteiger charge is 2.34. The Balaban J connectivity index is 1.61. The first kappa shape index (κ1) is 21.3. The highest BCUT2D eigenvalue weighted by Crippen LogP contribution is 2.30. The lowest BCUT2D eigenvalue weighted by molar-refractivity contribution is -0.336. The summed E-state index contributed by atoms with van der Waals surface area (Å²) in [6.07, 6.45) is -1.08. The molecule has 3 amide bonds. The minimum absolute atomic E-state index is 0.0959. The number of carbonyl (C=O) groups is 2. The summed E-state index contributed by atoms with van der Waals surface area (Å²) in [4.78, 5) is 32.8. The molecule has 29 heavy (non-hydrogen) atoms.